The van der Waals surface area contributed by atoms with E-state index in [4.69, 9.17) is 4.74 Å². The summed E-state index contributed by atoms with van der Waals surface area (Å²) in [6.45, 7) is 0.977. The van der Waals surface area contributed by atoms with E-state index in [0.717, 1.165) is 0 Å². The van der Waals surface area contributed by atoms with Gasteiger partial charge in [0.25, 0.3) is 0 Å². The van der Waals surface area contributed by atoms with Crippen LogP contribution in [0.15, 0.2) is 48.5 Å². The standard InChI is InChI=1S/C19H18F6N2O2/c1-17(27-11-26-12-28,14-5-3-2-4-6-14)29-10-13-7-15(18(20,21)22)9-16(8-13)19(23,24)25/h2-9,12,27H,10-11H2,1H3,(H,26,28)/t17-/m0/s1. The molecular formula is C19H18F6N2O2. The lowest BCUT2D eigenvalue weighted by atomic mass is 10.0. The molecule has 0 saturated carbocycles. The normalized spacial score (nSPS) is 14.3. The summed E-state index contributed by atoms with van der Waals surface area (Å²) in [6, 6.07) is 9.74. The van der Waals surface area contributed by atoms with Crippen molar-refractivity contribution in [1.29, 1.82) is 0 Å². The van der Waals surface area contributed by atoms with Crippen LogP contribution < -0.4 is 10.6 Å². The molecule has 0 heterocycles. The number of amides is 1. The highest BCUT2D eigenvalue weighted by molar-refractivity contribution is 5.45. The summed E-state index contributed by atoms with van der Waals surface area (Å²) >= 11 is 0. The van der Waals surface area contributed by atoms with Gasteiger partial charge in [-0.3, -0.25) is 10.1 Å². The van der Waals surface area contributed by atoms with Gasteiger partial charge >= 0.3 is 12.4 Å². The highest BCUT2D eigenvalue weighted by atomic mass is 19.4. The van der Waals surface area contributed by atoms with Crippen molar-refractivity contribution >= 4 is 6.41 Å². The van der Waals surface area contributed by atoms with Gasteiger partial charge in [0, 0.05) is 0 Å². The molecule has 158 valence electrons. The first-order chi connectivity index (χ1) is 13.5. The Kier molecular flexibility index (Phi) is 6.91. The van der Waals surface area contributed by atoms with Gasteiger partial charge in [0.1, 0.15) is 5.72 Å². The minimum atomic E-state index is -4.94. The molecule has 1 amide bonds. The van der Waals surface area contributed by atoms with E-state index in [1.54, 1.807) is 37.3 Å². The van der Waals surface area contributed by atoms with Crippen molar-refractivity contribution in [3.05, 3.63) is 70.8 Å². The predicted molar refractivity (Wildman–Crippen MR) is 92.2 cm³/mol. The lowest BCUT2D eigenvalue weighted by Crippen LogP contribution is -2.46. The van der Waals surface area contributed by atoms with Crippen LogP contribution in [-0.2, 0) is 34.2 Å². The minimum absolute atomic E-state index is 0.0364. The van der Waals surface area contributed by atoms with Crippen LogP contribution in [0.3, 0.4) is 0 Å². The van der Waals surface area contributed by atoms with Gasteiger partial charge in [-0.2, -0.15) is 26.3 Å². The number of nitrogens with one attached hydrogen (secondary N) is 2. The van der Waals surface area contributed by atoms with Crippen molar-refractivity contribution in [2.24, 2.45) is 0 Å². The van der Waals surface area contributed by atoms with Gasteiger partial charge in [-0.15, -0.1) is 0 Å². The average Bonchev–Trinajstić information content (AvgIpc) is 2.66. The SMILES string of the molecule is C[C@](NCNC=O)(OCc1cc(C(F)(F)F)cc(C(F)(F)F)c1)c1ccccc1. The summed E-state index contributed by atoms with van der Waals surface area (Å²) < 4.78 is 83.8. The lowest BCUT2D eigenvalue weighted by molar-refractivity contribution is -0.143. The summed E-state index contributed by atoms with van der Waals surface area (Å²) in [5, 5.41) is 5.22. The predicted octanol–water partition coefficient (Wildman–Crippen LogP) is 4.41. The smallest absolute Gasteiger partial charge is 0.352 e. The Hall–Kier alpha value is -2.59. The first-order valence-corrected chi connectivity index (χ1v) is 8.35. The molecule has 0 aromatic heterocycles. The van der Waals surface area contributed by atoms with Crippen LogP contribution in [0.2, 0.25) is 0 Å². The maximum absolute atomic E-state index is 13.0. The Bertz CT molecular complexity index is 791. The molecule has 10 heteroatoms. The van der Waals surface area contributed by atoms with E-state index >= 15 is 0 Å². The number of halogens is 6. The fourth-order valence-electron chi connectivity index (χ4n) is 2.58. The molecule has 0 aliphatic rings. The molecule has 0 spiro atoms. The van der Waals surface area contributed by atoms with Crippen LogP contribution in [0.5, 0.6) is 0 Å². The number of carbonyl (C=O) groups excluding carboxylic acids is 1. The Labute approximate surface area is 162 Å². The van der Waals surface area contributed by atoms with Crippen molar-refractivity contribution in [3.63, 3.8) is 0 Å². The van der Waals surface area contributed by atoms with Crippen LogP contribution in [0, 0.1) is 0 Å². The number of ether oxygens (including phenoxy) is 1. The third kappa shape index (κ3) is 6.20. The molecule has 0 unspecified atom stereocenters. The average molecular weight is 420 g/mol. The number of hydrogen-bond acceptors (Lipinski definition) is 3. The molecule has 29 heavy (non-hydrogen) atoms. The van der Waals surface area contributed by atoms with E-state index in [1.165, 1.54) is 0 Å². The van der Waals surface area contributed by atoms with Crippen LogP contribution in [0.1, 0.15) is 29.2 Å². The van der Waals surface area contributed by atoms with Crippen LogP contribution in [0.4, 0.5) is 26.3 Å². The first kappa shape index (κ1) is 22.7. The van der Waals surface area contributed by atoms with E-state index in [9.17, 15) is 31.1 Å². The van der Waals surface area contributed by atoms with Crippen LogP contribution >= 0.6 is 0 Å². The first-order valence-electron chi connectivity index (χ1n) is 8.35. The van der Waals surface area contributed by atoms with Gasteiger partial charge in [0.2, 0.25) is 6.41 Å². The monoisotopic (exact) mass is 420 g/mol. The number of alkyl halides is 6. The maximum Gasteiger partial charge on any atom is 0.416 e. The van der Waals surface area contributed by atoms with E-state index in [2.05, 4.69) is 10.6 Å². The number of rotatable bonds is 8. The molecular weight excluding hydrogens is 402 g/mol. The molecule has 2 rings (SSSR count). The van der Waals surface area contributed by atoms with Crippen molar-refractivity contribution in [1.82, 2.24) is 10.6 Å². The zero-order chi connectivity index (χ0) is 21.7. The highest BCUT2D eigenvalue weighted by Gasteiger charge is 2.37. The van der Waals surface area contributed by atoms with Crippen molar-refractivity contribution in [3.8, 4) is 0 Å². The number of carbonyl (C=O) groups is 1. The van der Waals surface area contributed by atoms with Crippen molar-refractivity contribution < 1.29 is 35.9 Å². The van der Waals surface area contributed by atoms with Crippen molar-refractivity contribution in [2.45, 2.75) is 31.6 Å². The zero-order valence-corrected chi connectivity index (χ0v) is 15.2. The molecule has 1 atom stereocenters. The molecule has 0 saturated heterocycles. The maximum atomic E-state index is 13.0. The van der Waals surface area contributed by atoms with E-state index in [1.807, 2.05) is 0 Å². The summed E-state index contributed by atoms with van der Waals surface area (Å²) in [5.41, 5.74) is -3.84. The molecule has 4 nitrogen and oxygen atoms in total. The summed E-state index contributed by atoms with van der Waals surface area (Å²) in [6.07, 6.45) is -9.45. The summed E-state index contributed by atoms with van der Waals surface area (Å²) in [4.78, 5) is 10.5. The Morgan fingerprint density at radius 2 is 1.45 bits per heavy atom. The van der Waals surface area contributed by atoms with Gasteiger partial charge in [0.15, 0.2) is 0 Å². The molecule has 0 fully saturated rings. The number of hydrogen-bond donors (Lipinski definition) is 2. The van der Waals surface area contributed by atoms with Gasteiger partial charge in [-0.1, -0.05) is 30.3 Å². The van der Waals surface area contributed by atoms with Gasteiger partial charge in [-0.25, -0.2) is 0 Å². The van der Waals surface area contributed by atoms with E-state index in [0.29, 0.717) is 24.1 Å². The van der Waals surface area contributed by atoms with Crippen LogP contribution in [0.25, 0.3) is 0 Å². The second-order valence-corrected chi connectivity index (χ2v) is 6.28. The van der Waals surface area contributed by atoms with Gasteiger partial charge in [-0.05, 0) is 36.2 Å². The van der Waals surface area contributed by atoms with Gasteiger partial charge < -0.3 is 10.1 Å². The summed E-state index contributed by atoms with van der Waals surface area (Å²) in [7, 11) is 0. The van der Waals surface area contributed by atoms with E-state index in [-0.39, 0.29) is 18.3 Å². The molecule has 2 N–H and O–H groups in total. The van der Waals surface area contributed by atoms with Crippen molar-refractivity contribution in [2.75, 3.05) is 6.67 Å². The molecule has 2 aromatic carbocycles. The Balaban J connectivity index is 2.33. The lowest BCUT2D eigenvalue weighted by Gasteiger charge is -2.32. The number of benzene rings is 2. The Morgan fingerprint density at radius 1 is 0.897 bits per heavy atom. The largest absolute Gasteiger partial charge is 0.416 e. The molecule has 0 aliphatic heterocycles. The van der Waals surface area contributed by atoms with Gasteiger partial charge in [0.05, 0.1) is 24.4 Å². The van der Waals surface area contributed by atoms with Crippen LogP contribution in [-0.4, -0.2) is 13.1 Å². The molecule has 0 radical (unpaired) electrons. The Morgan fingerprint density at radius 3 is 1.93 bits per heavy atom. The van der Waals surface area contributed by atoms with E-state index < -0.39 is 35.8 Å². The molecule has 0 aliphatic carbocycles. The fourth-order valence-corrected chi connectivity index (χ4v) is 2.58. The third-order valence-electron chi connectivity index (χ3n) is 4.11. The minimum Gasteiger partial charge on any atom is -0.352 e. The second kappa shape index (κ2) is 8.83. The summed E-state index contributed by atoms with van der Waals surface area (Å²) in [5.74, 6) is 0. The second-order valence-electron chi connectivity index (χ2n) is 6.28. The highest BCUT2D eigenvalue weighted by Crippen LogP contribution is 2.37. The molecule has 0 bridgehead atoms. The quantitative estimate of drug-likeness (QED) is 0.288. The topological polar surface area (TPSA) is 50.4 Å². The fraction of sp³-hybridized carbons (Fsp3) is 0.316. The third-order valence-corrected chi connectivity index (χ3v) is 4.11. The zero-order valence-electron chi connectivity index (χ0n) is 15.2. The molecule has 2 aromatic rings.